The molecule has 0 saturated carbocycles. The molecule has 5 rings (SSSR count). The summed E-state index contributed by atoms with van der Waals surface area (Å²) >= 11 is 0. The van der Waals surface area contributed by atoms with E-state index in [1.54, 1.807) is 12.3 Å². The summed E-state index contributed by atoms with van der Waals surface area (Å²) in [6, 6.07) is 11.0. The molecular weight excluding hydrogens is 359 g/mol. The average Bonchev–Trinajstić information content (AvgIpc) is 3.34. The van der Waals surface area contributed by atoms with Crippen molar-refractivity contribution in [3.8, 4) is 5.82 Å². The highest BCUT2D eigenvalue weighted by atomic mass is 19.1. The van der Waals surface area contributed by atoms with E-state index in [9.17, 15) is 4.39 Å². The van der Waals surface area contributed by atoms with E-state index in [2.05, 4.69) is 19.8 Å². The van der Waals surface area contributed by atoms with Crippen molar-refractivity contribution >= 4 is 22.9 Å². The monoisotopic (exact) mass is 378 g/mol. The van der Waals surface area contributed by atoms with E-state index in [1.165, 1.54) is 12.1 Å². The van der Waals surface area contributed by atoms with E-state index >= 15 is 0 Å². The summed E-state index contributed by atoms with van der Waals surface area (Å²) in [6.45, 7) is 5.06. The fourth-order valence-electron chi connectivity index (χ4n) is 3.49. The summed E-state index contributed by atoms with van der Waals surface area (Å²) in [7, 11) is 0. The second kappa shape index (κ2) is 6.63. The smallest absolute Gasteiger partial charge is 0.298 e. The molecule has 0 aliphatic carbocycles. The van der Waals surface area contributed by atoms with Crippen LogP contribution in [0.15, 0.2) is 53.2 Å². The minimum Gasteiger partial charge on any atom is -0.423 e. The maximum atomic E-state index is 13.4. The number of aromatic nitrogens is 4. The van der Waals surface area contributed by atoms with Crippen LogP contribution in [0.4, 0.5) is 16.2 Å². The van der Waals surface area contributed by atoms with Crippen molar-refractivity contribution in [3.05, 3.63) is 60.4 Å². The Morgan fingerprint density at radius 2 is 1.75 bits per heavy atom. The average molecular weight is 378 g/mol. The van der Waals surface area contributed by atoms with Crippen LogP contribution in [0.2, 0.25) is 0 Å². The molecular formula is C20H19FN6O. The quantitative estimate of drug-likeness (QED) is 0.546. The highest BCUT2D eigenvalue weighted by Gasteiger charge is 2.22. The first-order chi connectivity index (χ1) is 13.7. The number of nitrogens with zero attached hydrogens (tertiary/aromatic N) is 6. The number of hydrogen-bond acceptors (Lipinski definition) is 6. The number of halogens is 1. The van der Waals surface area contributed by atoms with Gasteiger partial charge in [-0.15, -0.1) is 0 Å². The maximum absolute atomic E-state index is 13.4. The molecule has 1 aliphatic heterocycles. The van der Waals surface area contributed by atoms with Gasteiger partial charge in [-0.05, 0) is 31.2 Å². The van der Waals surface area contributed by atoms with Crippen LogP contribution in [0.1, 0.15) is 5.82 Å². The Balaban J connectivity index is 1.32. The van der Waals surface area contributed by atoms with Gasteiger partial charge in [0.2, 0.25) is 0 Å². The van der Waals surface area contributed by atoms with Crippen LogP contribution in [0.5, 0.6) is 0 Å². The number of rotatable bonds is 3. The fraction of sp³-hybridized carbons (Fsp3) is 0.250. The lowest BCUT2D eigenvalue weighted by molar-refractivity contribution is 0.538. The lowest BCUT2D eigenvalue weighted by atomic mass is 10.3. The number of fused-ring (bicyclic) bond motifs is 1. The zero-order valence-corrected chi connectivity index (χ0v) is 15.4. The molecule has 4 heterocycles. The first-order valence-corrected chi connectivity index (χ1v) is 9.21. The van der Waals surface area contributed by atoms with Crippen LogP contribution in [0.3, 0.4) is 0 Å². The normalized spacial score (nSPS) is 14.8. The fourth-order valence-corrected chi connectivity index (χ4v) is 3.49. The molecule has 8 heteroatoms. The molecule has 142 valence electrons. The SMILES string of the molecule is Cc1nccn1-c1cccc(N2CCN(c3nc4ccc(F)cc4o3)CC2)n1. The van der Waals surface area contributed by atoms with Crippen molar-refractivity contribution in [1.29, 1.82) is 0 Å². The van der Waals surface area contributed by atoms with Crippen molar-refractivity contribution in [2.75, 3.05) is 36.0 Å². The molecule has 3 aromatic heterocycles. The van der Waals surface area contributed by atoms with Gasteiger partial charge in [-0.25, -0.2) is 14.4 Å². The summed E-state index contributed by atoms with van der Waals surface area (Å²) in [4.78, 5) is 17.9. The lowest BCUT2D eigenvalue weighted by Gasteiger charge is -2.34. The van der Waals surface area contributed by atoms with E-state index in [1.807, 2.05) is 35.9 Å². The number of oxazole rings is 1. The Hall–Kier alpha value is -3.42. The van der Waals surface area contributed by atoms with E-state index in [0.717, 1.165) is 43.6 Å². The predicted octanol–water partition coefficient (Wildman–Crippen LogP) is 3.18. The lowest BCUT2D eigenvalue weighted by Crippen LogP contribution is -2.47. The standard InChI is InChI=1S/C20H19FN6O/c1-14-22-7-8-27(14)19-4-2-3-18(24-19)25-9-11-26(12-10-25)20-23-16-6-5-15(21)13-17(16)28-20/h2-8,13H,9-12H2,1H3. The third-order valence-corrected chi connectivity index (χ3v) is 5.01. The molecule has 0 radical (unpaired) electrons. The number of pyridine rings is 1. The van der Waals surface area contributed by atoms with Crippen LogP contribution in [-0.2, 0) is 0 Å². The number of anilines is 2. The van der Waals surface area contributed by atoms with Crippen molar-refractivity contribution in [2.45, 2.75) is 6.92 Å². The third kappa shape index (κ3) is 2.96. The number of imidazole rings is 1. The first-order valence-electron chi connectivity index (χ1n) is 9.21. The molecule has 1 saturated heterocycles. The van der Waals surface area contributed by atoms with Gasteiger partial charge in [0.25, 0.3) is 6.01 Å². The molecule has 4 aromatic rings. The molecule has 0 spiro atoms. The molecule has 0 N–H and O–H groups in total. The van der Waals surface area contributed by atoms with Gasteiger partial charge in [0, 0.05) is 44.6 Å². The molecule has 1 aromatic carbocycles. The second-order valence-corrected chi connectivity index (χ2v) is 6.78. The molecule has 1 aliphatic rings. The summed E-state index contributed by atoms with van der Waals surface area (Å²) in [6.07, 6.45) is 3.68. The molecule has 28 heavy (non-hydrogen) atoms. The van der Waals surface area contributed by atoms with E-state index in [4.69, 9.17) is 9.40 Å². The molecule has 0 bridgehead atoms. The number of aryl methyl sites for hydroxylation is 1. The predicted molar refractivity (Wildman–Crippen MR) is 104 cm³/mol. The maximum Gasteiger partial charge on any atom is 0.298 e. The zero-order valence-electron chi connectivity index (χ0n) is 15.4. The Morgan fingerprint density at radius 1 is 0.964 bits per heavy atom. The summed E-state index contributed by atoms with van der Waals surface area (Å²) < 4.78 is 21.1. The van der Waals surface area contributed by atoms with Crippen molar-refractivity contribution in [1.82, 2.24) is 19.5 Å². The third-order valence-electron chi connectivity index (χ3n) is 5.01. The van der Waals surface area contributed by atoms with E-state index in [0.29, 0.717) is 17.1 Å². The summed E-state index contributed by atoms with van der Waals surface area (Å²) in [5.74, 6) is 2.38. The zero-order chi connectivity index (χ0) is 19.1. The van der Waals surface area contributed by atoms with Crippen LogP contribution in [0.25, 0.3) is 16.9 Å². The molecule has 7 nitrogen and oxygen atoms in total. The second-order valence-electron chi connectivity index (χ2n) is 6.78. The van der Waals surface area contributed by atoms with Gasteiger partial charge in [-0.1, -0.05) is 6.07 Å². The Labute approximate surface area is 161 Å². The van der Waals surface area contributed by atoms with Crippen LogP contribution < -0.4 is 9.80 Å². The molecule has 1 fully saturated rings. The van der Waals surface area contributed by atoms with Gasteiger partial charge in [0.1, 0.15) is 28.8 Å². The van der Waals surface area contributed by atoms with E-state index in [-0.39, 0.29) is 5.82 Å². The number of piperazine rings is 1. The van der Waals surface area contributed by atoms with Crippen LogP contribution in [-0.4, -0.2) is 45.7 Å². The highest BCUT2D eigenvalue weighted by Crippen LogP contribution is 2.24. The van der Waals surface area contributed by atoms with Crippen LogP contribution in [0, 0.1) is 12.7 Å². The highest BCUT2D eigenvalue weighted by molar-refractivity contribution is 5.74. The number of benzene rings is 1. The Morgan fingerprint density at radius 3 is 2.54 bits per heavy atom. The van der Waals surface area contributed by atoms with Gasteiger partial charge < -0.3 is 14.2 Å². The van der Waals surface area contributed by atoms with Gasteiger partial charge in [0.15, 0.2) is 5.58 Å². The van der Waals surface area contributed by atoms with Gasteiger partial charge in [-0.3, -0.25) is 4.57 Å². The first kappa shape index (κ1) is 16.7. The molecule has 0 atom stereocenters. The number of hydrogen-bond donors (Lipinski definition) is 0. The molecule has 0 unspecified atom stereocenters. The van der Waals surface area contributed by atoms with Crippen molar-refractivity contribution < 1.29 is 8.81 Å². The summed E-state index contributed by atoms with van der Waals surface area (Å²) in [5.41, 5.74) is 1.14. The van der Waals surface area contributed by atoms with E-state index < -0.39 is 0 Å². The van der Waals surface area contributed by atoms with Crippen molar-refractivity contribution in [3.63, 3.8) is 0 Å². The minimum atomic E-state index is -0.320. The van der Waals surface area contributed by atoms with Crippen LogP contribution >= 0.6 is 0 Å². The molecule has 0 amide bonds. The Kier molecular flexibility index (Phi) is 3.96. The van der Waals surface area contributed by atoms with Gasteiger partial charge in [-0.2, -0.15) is 4.98 Å². The van der Waals surface area contributed by atoms with Gasteiger partial charge >= 0.3 is 0 Å². The summed E-state index contributed by atoms with van der Waals surface area (Å²) in [5, 5.41) is 0. The Bertz CT molecular complexity index is 1130. The van der Waals surface area contributed by atoms with Gasteiger partial charge in [0.05, 0.1) is 0 Å². The van der Waals surface area contributed by atoms with Crippen molar-refractivity contribution in [2.24, 2.45) is 0 Å². The largest absolute Gasteiger partial charge is 0.423 e. The minimum absolute atomic E-state index is 0.320. The topological polar surface area (TPSA) is 63.2 Å².